The van der Waals surface area contributed by atoms with Crippen molar-refractivity contribution in [3.05, 3.63) is 34.3 Å². The normalized spacial score (nSPS) is 21.3. The first-order valence-electron chi connectivity index (χ1n) is 7.76. The van der Waals surface area contributed by atoms with Crippen LogP contribution >= 0.6 is 11.3 Å². The van der Waals surface area contributed by atoms with Gasteiger partial charge in [-0.2, -0.15) is 0 Å². The molecule has 1 atom stereocenters. The van der Waals surface area contributed by atoms with Gasteiger partial charge >= 0.3 is 6.03 Å². The van der Waals surface area contributed by atoms with Crippen LogP contribution in [0.25, 0.3) is 0 Å². The second-order valence-corrected chi connectivity index (χ2v) is 7.06. The minimum absolute atomic E-state index is 0.0124. The van der Waals surface area contributed by atoms with Gasteiger partial charge in [-0.15, -0.1) is 16.4 Å². The van der Waals surface area contributed by atoms with E-state index in [1.54, 1.807) is 11.3 Å². The molecule has 2 amide bonds. The summed E-state index contributed by atoms with van der Waals surface area (Å²) in [5, 5.41) is 13.5. The Kier molecular flexibility index (Phi) is 3.57. The topological polar surface area (TPSA) is 63.1 Å². The van der Waals surface area contributed by atoms with Gasteiger partial charge in [-0.1, -0.05) is 11.3 Å². The fraction of sp³-hybridized carbons (Fsp3) is 0.533. The van der Waals surface area contributed by atoms with E-state index >= 15 is 0 Å². The third-order valence-corrected chi connectivity index (χ3v) is 5.22. The fourth-order valence-electron chi connectivity index (χ4n) is 2.86. The largest absolute Gasteiger partial charge is 0.333 e. The van der Waals surface area contributed by atoms with Crippen LogP contribution in [0.1, 0.15) is 41.8 Å². The molecule has 0 spiro atoms. The van der Waals surface area contributed by atoms with Crippen molar-refractivity contribution < 1.29 is 4.79 Å². The van der Waals surface area contributed by atoms with Gasteiger partial charge < -0.3 is 10.2 Å². The summed E-state index contributed by atoms with van der Waals surface area (Å²) < 4.78 is 1.94. The Morgan fingerprint density at radius 3 is 3.09 bits per heavy atom. The van der Waals surface area contributed by atoms with E-state index in [2.05, 4.69) is 21.8 Å². The standard InChI is InChI=1S/C15H19N5OS/c21-15(16-8-13-2-1-7-22-13)19-6-5-12(9-19)20-10-14(17-18-20)11-3-4-11/h1-2,7,10-12H,3-6,8-9H2,(H,16,21). The summed E-state index contributed by atoms with van der Waals surface area (Å²) >= 11 is 1.66. The molecule has 0 radical (unpaired) electrons. The van der Waals surface area contributed by atoms with Crippen molar-refractivity contribution in [1.82, 2.24) is 25.2 Å². The number of likely N-dealkylation sites (tertiary alicyclic amines) is 1. The van der Waals surface area contributed by atoms with Gasteiger partial charge in [0.05, 0.1) is 18.3 Å². The molecule has 1 saturated carbocycles. The summed E-state index contributed by atoms with van der Waals surface area (Å²) in [6.45, 7) is 2.09. The zero-order valence-corrected chi connectivity index (χ0v) is 13.1. The highest BCUT2D eigenvalue weighted by molar-refractivity contribution is 7.09. The lowest BCUT2D eigenvalue weighted by atomic mass is 10.2. The van der Waals surface area contributed by atoms with Gasteiger partial charge in [-0.05, 0) is 30.7 Å². The van der Waals surface area contributed by atoms with E-state index in [1.807, 2.05) is 27.1 Å². The van der Waals surface area contributed by atoms with Crippen LogP contribution in [0, 0.1) is 0 Å². The Labute approximate surface area is 133 Å². The number of amides is 2. The van der Waals surface area contributed by atoms with Gasteiger partial charge in [-0.3, -0.25) is 0 Å². The number of thiophene rings is 1. The molecule has 1 N–H and O–H groups in total. The number of nitrogens with zero attached hydrogens (tertiary/aromatic N) is 4. The highest BCUT2D eigenvalue weighted by Gasteiger charge is 2.31. The van der Waals surface area contributed by atoms with Crippen LogP contribution in [-0.2, 0) is 6.54 Å². The summed E-state index contributed by atoms with van der Waals surface area (Å²) in [4.78, 5) is 15.3. The number of aromatic nitrogens is 3. The molecular formula is C15H19N5OS. The van der Waals surface area contributed by atoms with E-state index in [-0.39, 0.29) is 12.1 Å². The lowest BCUT2D eigenvalue weighted by Crippen LogP contribution is -2.38. The average Bonchev–Trinajstić information content (AvgIpc) is 3.02. The first-order valence-corrected chi connectivity index (χ1v) is 8.64. The lowest BCUT2D eigenvalue weighted by Gasteiger charge is -2.17. The van der Waals surface area contributed by atoms with Crippen molar-refractivity contribution in [3.8, 4) is 0 Å². The minimum Gasteiger partial charge on any atom is -0.333 e. The highest BCUT2D eigenvalue weighted by atomic mass is 32.1. The van der Waals surface area contributed by atoms with Crippen LogP contribution in [0.15, 0.2) is 23.7 Å². The summed E-state index contributed by atoms with van der Waals surface area (Å²) in [5.74, 6) is 0.625. The Bertz CT molecular complexity index is 649. The van der Waals surface area contributed by atoms with Crippen molar-refractivity contribution in [2.24, 2.45) is 0 Å². The number of nitrogens with one attached hydrogen (secondary N) is 1. The minimum atomic E-state index is 0.0124. The van der Waals surface area contributed by atoms with Crippen LogP contribution < -0.4 is 5.32 Å². The number of carbonyl (C=O) groups is 1. The molecule has 0 aromatic carbocycles. The van der Waals surface area contributed by atoms with E-state index in [1.165, 1.54) is 17.7 Å². The summed E-state index contributed by atoms with van der Waals surface area (Å²) in [7, 11) is 0. The first-order chi connectivity index (χ1) is 10.8. The van der Waals surface area contributed by atoms with Gasteiger partial charge in [0.15, 0.2) is 0 Å². The van der Waals surface area contributed by atoms with E-state index in [4.69, 9.17) is 0 Å². The maximum Gasteiger partial charge on any atom is 0.317 e. The van der Waals surface area contributed by atoms with Crippen molar-refractivity contribution >= 4 is 17.4 Å². The second-order valence-electron chi connectivity index (χ2n) is 6.02. The molecule has 1 saturated heterocycles. The predicted octanol–water partition coefficient (Wildman–Crippen LogP) is 2.37. The second kappa shape index (κ2) is 5.72. The van der Waals surface area contributed by atoms with Gasteiger partial charge in [-0.25, -0.2) is 9.48 Å². The monoisotopic (exact) mass is 317 g/mol. The average molecular weight is 317 g/mol. The molecule has 0 bridgehead atoms. The molecule has 1 unspecified atom stereocenters. The quantitative estimate of drug-likeness (QED) is 0.941. The van der Waals surface area contributed by atoms with Crippen LogP contribution in [-0.4, -0.2) is 39.0 Å². The molecule has 22 heavy (non-hydrogen) atoms. The van der Waals surface area contributed by atoms with E-state index < -0.39 is 0 Å². The smallest absolute Gasteiger partial charge is 0.317 e. The zero-order valence-electron chi connectivity index (χ0n) is 12.3. The maximum absolute atomic E-state index is 12.2. The van der Waals surface area contributed by atoms with Crippen molar-refractivity contribution in [3.63, 3.8) is 0 Å². The molecule has 116 valence electrons. The molecule has 7 heteroatoms. The Hall–Kier alpha value is -1.89. The Morgan fingerprint density at radius 2 is 2.32 bits per heavy atom. The number of hydrogen-bond donors (Lipinski definition) is 1. The molecule has 6 nitrogen and oxygen atoms in total. The van der Waals surface area contributed by atoms with Crippen LogP contribution in [0.2, 0.25) is 0 Å². The van der Waals surface area contributed by atoms with Gasteiger partial charge in [0, 0.05) is 30.1 Å². The third kappa shape index (κ3) is 2.85. The van der Waals surface area contributed by atoms with Gasteiger partial charge in [0.2, 0.25) is 0 Å². The molecule has 4 rings (SSSR count). The summed E-state index contributed by atoms with van der Waals surface area (Å²) in [5.41, 5.74) is 1.11. The molecular weight excluding hydrogens is 298 g/mol. The van der Waals surface area contributed by atoms with Crippen molar-refractivity contribution in [1.29, 1.82) is 0 Å². The number of hydrogen-bond acceptors (Lipinski definition) is 4. The van der Waals surface area contributed by atoms with Gasteiger partial charge in [0.1, 0.15) is 0 Å². The van der Waals surface area contributed by atoms with Crippen LogP contribution in [0.4, 0.5) is 4.79 Å². The molecule has 2 aliphatic rings. The molecule has 2 fully saturated rings. The Morgan fingerprint density at radius 1 is 1.41 bits per heavy atom. The molecule has 2 aromatic rings. The number of rotatable bonds is 4. The van der Waals surface area contributed by atoms with E-state index in [9.17, 15) is 4.79 Å². The number of carbonyl (C=O) groups excluding carboxylic acids is 1. The van der Waals surface area contributed by atoms with E-state index in [0.717, 1.165) is 18.7 Å². The summed E-state index contributed by atoms with van der Waals surface area (Å²) in [6.07, 6.45) is 5.48. The predicted molar refractivity (Wildman–Crippen MR) is 83.8 cm³/mol. The van der Waals surface area contributed by atoms with Crippen LogP contribution in [0.3, 0.4) is 0 Å². The third-order valence-electron chi connectivity index (χ3n) is 4.34. The molecule has 1 aliphatic heterocycles. The van der Waals surface area contributed by atoms with Crippen molar-refractivity contribution in [2.75, 3.05) is 13.1 Å². The lowest BCUT2D eigenvalue weighted by molar-refractivity contribution is 0.206. The molecule has 2 aromatic heterocycles. The molecule has 1 aliphatic carbocycles. The summed E-state index contributed by atoms with van der Waals surface area (Å²) in [6, 6.07) is 4.30. The van der Waals surface area contributed by atoms with Crippen LogP contribution in [0.5, 0.6) is 0 Å². The SMILES string of the molecule is O=C(NCc1cccs1)N1CCC(n2cc(C3CC3)nn2)C1. The highest BCUT2D eigenvalue weighted by Crippen LogP contribution is 2.39. The van der Waals surface area contributed by atoms with E-state index in [0.29, 0.717) is 19.0 Å². The van der Waals surface area contributed by atoms with Gasteiger partial charge in [0.25, 0.3) is 0 Å². The molecule has 3 heterocycles. The number of urea groups is 1. The zero-order chi connectivity index (χ0) is 14.9. The fourth-order valence-corrected chi connectivity index (χ4v) is 3.51. The van der Waals surface area contributed by atoms with Crippen molar-refractivity contribution in [2.45, 2.75) is 37.8 Å². The maximum atomic E-state index is 12.2. The first kappa shape index (κ1) is 13.8. The Balaban J connectivity index is 1.32.